The first-order valence-corrected chi connectivity index (χ1v) is 6.33. The van der Waals surface area contributed by atoms with E-state index in [-0.39, 0.29) is 16.7 Å². The van der Waals surface area contributed by atoms with Crippen molar-refractivity contribution in [2.75, 3.05) is 0 Å². The zero-order chi connectivity index (χ0) is 17.4. The smallest absolute Gasteiger partial charge is 0.417 e. The Morgan fingerprint density at radius 1 is 1.22 bits per heavy atom. The molecule has 0 spiro atoms. The predicted octanol–water partition coefficient (Wildman–Crippen LogP) is 2.87. The number of carboxylic acid groups (broad SMARTS) is 1. The monoisotopic (exact) mass is 324 g/mol. The Kier molecular flexibility index (Phi) is 4.09. The van der Waals surface area contributed by atoms with Crippen LogP contribution in [0.3, 0.4) is 0 Å². The fourth-order valence-corrected chi connectivity index (χ4v) is 2.42. The molecule has 1 amide bonds. The number of primary amides is 1. The first-order valence-electron chi connectivity index (χ1n) is 6.33. The Morgan fingerprint density at radius 3 is 2.22 bits per heavy atom. The van der Waals surface area contributed by atoms with Crippen LogP contribution in [0.4, 0.5) is 13.2 Å². The van der Waals surface area contributed by atoms with E-state index in [2.05, 4.69) is 4.98 Å². The van der Waals surface area contributed by atoms with Crippen LogP contribution in [0.25, 0.3) is 11.1 Å². The minimum absolute atomic E-state index is 0.143. The summed E-state index contributed by atoms with van der Waals surface area (Å²) in [7, 11) is 0. The Morgan fingerprint density at radius 2 is 1.78 bits per heavy atom. The summed E-state index contributed by atoms with van der Waals surface area (Å²) in [6.45, 7) is 1.23. The summed E-state index contributed by atoms with van der Waals surface area (Å²) in [5.74, 6) is -2.77. The second-order valence-electron chi connectivity index (χ2n) is 4.75. The number of aromatic carboxylic acids is 1. The number of rotatable bonds is 3. The molecular formula is C15H11F3N2O3. The largest absolute Gasteiger partial charge is 0.478 e. The Labute approximate surface area is 128 Å². The van der Waals surface area contributed by atoms with Crippen LogP contribution in [0.2, 0.25) is 0 Å². The van der Waals surface area contributed by atoms with Gasteiger partial charge in [0.1, 0.15) is 0 Å². The third-order valence-electron chi connectivity index (χ3n) is 3.33. The van der Waals surface area contributed by atoms with Gasteiger partial charge in [-0.3, -0.25) is 9.78 Å². The highest BCUT2D eigenvalue weighted by atomic mass is 19.4. The van der Waals surface area contributed by atoms with E-state index in [1.54, 1.807) is 0 Å². The van der Waals surface area contributed by atoms with Crippen molar-refractivity contribution in [2.24, 2.45) is 5.73 Å². The van der Waals surface area contributed by atoms with Crippen LogP contribution >= 0.6 is 0 Å². The van der Waals surface area contributed by atoms with E-state index in [9.17, 15) is 22.8 Å². The number of amides is 1. The van der Waals surface area contributed by atoms with Gasteiger partial charge in [0.2, 0.25) is 5.91 Å². The fourth-order valence-electron chi connectivity index (χ4n) is 2.42. The predicted molar refractivity (Wildman–Crippen MR) is 74.9 cm³/mol. The van der Waals surface area contributed by atoms with E-state index in [0.717, 1.165) is 0 Å². The highest BCUT2D eigenvalue weighted by molar-refractivity contribution is 6.07. The number of carbonyl (C=O) groups excluding carboxylic acids is 1. The molecule has 0 radical (unpaired) electrons. The number of hydrogen-bond acceptors (Lipinski definition) is 3. The van der Waals surface area contributed by atoms with E-state index < -0.39 is 34.7 Å². The van der Waals surface area contributed by atoms with Gasteiger partial charge in [0.05, 0.1) is 16.7 Å². The lowest BCUT2D eigenvalue weighted by Crippen LogP contribution is -2.21. The van der Waals surface area contributed by atoms with Gasteiger partial charge < -0.3 is 10.8 Å². The van der Waals surface area contributed by atoms with Gasteiger partial charge >= 0.3 is 12.1 Å². The molecule has 0 atom stereocenters. The molecule has 0 unspecified atom stereocenters. The van der Waals surface area contributed by atoms with Gasteiger partial charge in [-0.1, -0.05) is 0 Å². The summed E-state index contributed by atoms with van der Waals surface area (Å²) < 4.78 is 40.1. The average Bonchev–Trinajstić information content (AvgIpc) is 2.45. The molecule has 0 aliphatic heterocycles. The normalized spacial score (nSPS) is 11.3. The maximum absolute atomic E-state index is 13.4. The van der Waals surface area contributed by atoms with Crippen LogP contribution in [0, 0.1) is 6.92 Å². The average molecular weight is 324 g/mol. The SMILES string of the molecule is Cc1c(C(N)=O)c(C(=O)O)cc(C(F)(F)F)c1-c1ccncc1. The van der Waals surface area contributed by atoms with Crippen molar-refractivity contribution < 1.29 is 27.9 Å². The fraction of sp³-hybridized carbons (Fsp3) is 0.133. The molecule has 0 saturated heterocycles. The van der Waals surface area contributed by atoms with Crippen molar-refractivity contribution in [3.63, 3.8) is 0 Å². The van der Waals surface area contributed by atoms with Crippen LogP contribution in [-0.4, -0.2) is 22.0 Å². The first-order chi connectivity index (χ1) is 10.6. The summed E-state index contributed by atoms with van der Waals surface area (Å²) in [6.07, 6.45) is -2.21. The molecular weight excluding hydrogens is 313 g/mol. The number of pyridine rings is 1. The molecule has 2 rings (SSSR count). The van der Waals surface area contributed by atoms with E-state index in [1.807, 2.05) is 0 Å². The quantitative estimate of drug-likeness (QED) is 0.908. The minimum atomic E-state index is -4.80. The van der Waals surface area contributed by atoms with Gasteiger partial charge in [-0.15, -0.1) is 0 Å². The molecule has 1 aromatic carbocycles. The van der Waals surface area contributed by atoms with Crippen molar-refractivity contribution in [1.29, 1.82) is 0 Å². The van der Waals surface area contributed by atoms with Crippen molar-refractivity contribution >= 4 is 11.9 Å². The van der Waals surface area contributed by atoms with E-state index in [4.69, 9.17) is 10.8 Å². The molecule has 8 heteroatoms. The number of carboxylic acids is 1. The Balaban J connectivity index is 2.97. The number of hydrogen-bond donors (Lipinski definition) is 2. The summed E-state index contributed by atoms with van der Waals surface area (Å²) in [5.41, 5.74) is 2.51. The van der Waals surface area contributed by atoms with Gasteiger partial charge in [0, 0.05) is 12.4 Å². The number of aromatic nitrogens is 1. The van der Waals surface area contributed by atoms with Crippen LogP contribution in [0.1, 0.15) is 31.8 Å². The van der Waals surface area contributed by atoms with Gasteiger partial charge in [0.25, 0.3) is 0 Å². The van der Waals surface area contributed by atoms with Crippen molar-refractivity contribution in [3.8, 4) is 11.1 Å². The highest BCUT2D eigenvalue weighted by Gasteiger charge is 2.37. The summed E-state index contributed by atoms with van der Waals surface area (Å²) in [6, 6.07) is 3.11. The van der Waals surface area contributed by atoms with Gasteiger partial charge in [0.15, 0.2) is 0 Å². The molecule has 3 N–H and O–H groups in total. The van der Waals surface area contributed by atoms with Crippen LogP contribution in [-0.2, 0) is 6.18 Å². The molecule has 0 fully saturated rings. The third kappa shape index (κ3) is 3.01. The van der Waals surface area contributed by atoms with E-state index >= 15 is 0 Å². The zero-order valence-corrected chi connectivity index (χ0v) is 11.8. The molecule has 2 aromatic rings. The number of carbonyl (C=O) groups is 2. The number of nitrogens with zero attached hydrogens (tertiary/aromatic N) is 1. The maximum Gasteiger partial charge on any atom is 0.417 e. The van der Waals surface area contributed by atoms with Gasteiger partial charge in [-0.2, -0.15) is 13.2 Å². The number of nitrogens with two attached hydrogens (primary N) is 1. The molecule has 1 heterocycles. The molecule has 120 valence electrons. The van der Waals surface area contributed by atoms with Gasteiger partial charge in [-0.25, -0.2) is 4.79 Å². The number of halogens is 3. The Hall–Kier alpha value is -2.90. The van der Waals surface area contributed by atoms with Crippen LogP contribution in [0.5, 0.6) is 0 Å². The third-order valence-corrected chi connectivity index (χ3v) is 3.33. The molecule has 0 saturated carbocycles. The Bertz CT molecular complexity index is 787. The lowest BCUT2D eigenvalue weighted by atomic mass is 9.88. The van der Waals surface area contributed by atoms with Crippen molar-refractivity contribution in [2.45, 2.75) is 13.1 Å². The lowest BCUT2D eigenvalue weighted by Gasteiger charge is -2.19. The molecule has 23 heavy (non-hydrogen) atoms. The number of benzene rings is 1. The second-order valence-corrected chi connectivity index (χ2v) is 4.75. The molecule has 0 bridgehead atoms. The molecule has 0 aliphatic rings. The summed E-state index contributed by atoms with van der Waals surface area (Å²) >= 11 is 0. The molecule has 0 aliphatic carbocycles. The zero-order valence-electron chi connectivity index (χ0n) is 11.8. The first kappa shape index (κ1) is 16.5. The highest BCUT2D eigenvalue weighted by Crippen LogP contribution is 2.41. The van der Waals surface area contributed by atoms with Crippen LogP contribution < -0.4 is 5.73 Å². The van der Waals surface area contributed by atoms with Crippen LogP contribution in [0.15, 0.2) is 30.6 Å². The van der Waals surface area contributed by atoms with Crippen molar-refractivity contribution in [1.82, 2.24) is 4.98 Å². The summed E-state index contributed by atoms with van der Waals surface area (Å²) in [5, 5.41) is 9.11. The lowest BCUT2D eigenvalue weighted by molar-refractivity contribution is -0.137. The van der Waals surface area contributed by atoms with Gasteiger partial charge in [-0.05, 0) is 41.8 Å². The topological polar surface area (TPSA) is 93.3 Å². The van der Waals surface area contributed by atoms with E-state index in [1.165, 1.54) is 31.5 Å². The van der Waals surface area contributed by atoms with E-state index in [0.29, 0.717) is 6.07 Å². The second kappa shape index (κ2) is 5.71. The van der Waals surface area contributed by atoms with Crippen molar-refractivity contribution in [3.05, 3.63) is 52.8 Å². The molecule has 5 nitrogen and oxygen atoms in total. The summed E-state index contributed by atoms with van der Waals surface area (Å²) in [4.78, 5) is 26.5. The molecule has 1 aromatic heterocycles. The number of alkyl halides is 3. The standard InChI is InChI=1S/C15H11F3N2O3/c1-7-11(8-2-4-20-5-3-8)10(15(16,17)18)6-9(14(22)23)12(7)13(19)21/h2-6H,1H3,(H2,19,21)(H,22,23). The maximum atomic E-state index is 13.4. The minimum Gasteiger partial charge on any atom is -0.478 e.